The molecule has 1 heterocycles. The lowest BCUT2D eigenvalue weighted by Gasteiger charge is -2.36. The van der Waals surface area contributed by atoms with Gasteiger partial charge in [-0.05, 0) is 61.6 Å². The normalized spacial score (nSPS) is 21.0. The third-order valence-electron chi connectivity index (χ3n) is 5.87. The molecule has 2 aromatic carbocycles. The van der Waals surface area contributed by atoms with E-state index in [0.29, 0.717) is 39.7 Å². The van der Waals surface area contributed by atoms with Gasteiger partial charge in [0.05, 0.1) is 12.2 Å². The number of benzene rings is 2. The topological polar surface area (TPSA) is 55.4 Å². The second-order valence-corrected chi connectivity index (χ2v) is 8.71. The zero-order chi connectivity index (χ0) is 22.1. The molecule has 2 aromatic rings. The van der Waals surface area contributed by atoms with Crippen LogP contribution in [-0.2, 0) is 14.3 Å². The third-order valence-corrected chi connectivity index (χ3v) is 6.37. The van der Waals surface area contributed by atoms with Crippen molar-refractivity contribution in [3.05, 3.63) is 92.2 Å². The number of carbonyl (C=O) groups excluding carboxylic acids is 2. The molecule has 1 N–H and O–H groups in total. The summed E-state index contributed by atoms with van der Waals surface area (Å²) in [4.78, 5) is 26.3. The molecule has 0 aromatic heterocycles. The average Bonchev–Trinajstić information content (AvgIpc) is 2.74. The summed E-state index contributed by atoms with van der Waals surface area (Å²) in [7, 11) is 0. The molecule has 160 valence electrons. The fraction of sp³-hybridized carbons (Fsp3) is 0.280. The van der Waals surface area contributed by atoms with Gasteiger partial charge in [-0.2, -0.15) is 0 Å². The van der Waals surface area contributed by atoms with Gasteiger partial charge in [0.25, 0.3) is 0 Å². The molecule has 4 rings (SSSR count). The predicted molar refractivity (Wildman–Crippen MR) is 122 cm³/mol. The van der Waals surface area contributed by atoms with Crippen LogP contribution in [0, 0.1) is 0 Å². The molecule has 0 radical (unpaired) electrons. The Morgan fingerprint density at radius 1 is 1.00 bits per heavy atom. The highest BCUT2D eigenvalue weighted by Gasteiger charge is 2.41. The monoisotopic (exact) mass is 455 g/mol. The first-order valence-electron chi connectivity index (χ1n) is 10.3. The minimum absolute atomic E-state index is 0.0305. The van der Waals surface area contributed by atoms with Crippen LogP contribution in [0.4, 0.5) is 0 Å². The largest absolute Gasteiger partial charge is 0.463 e. The molecule has 0 spiro atoms. The smallest absolute Gasteiger partial charge is 0.336 e. The first-order valence-corrected chi connectivity index (χ1v) is 11.1. The average molecular weight is 456 g/mol. The van der Waals surface area contributed by atoms with E-state index in [9.17, 15) is 9.59 Å². The number of carbonyl (C=O) groups is 2. The number of ketones is 1. The molecule has 2 atom stereocenters. The zero-order valence-electron chi connectivity index (χ0n) is 17.4. The van der Waals surface area contributed by atoms with Crippen molar-refractivity contribution in [1.82, 2.24) is 5.32 Å². The number of hydrogen-bond donors (Lipinski definition) is 1. The highest BCUT2D eigenvalue weighted by atomic mass is 35.5. The molecule has 0 amide bonds. The van der Waals surface area contributed by atoms with Gasteiger partial charge in [0.1, 0.15) is 0 Å². The van der Waals surface area contributed by atoms with Crippen molar-refractivity contribution >= 4 is 35.0 Å². The van der Waals surface area contributed by atoms with Crippen molar-refractivity contribution in [2.45, 2.75) is 38.5 Å². The van der Waals surface area contributed by atoms with Crippen molar-refractivity contribution in [2.24, 2.45) is 0 Å². The van der Waals surface area contributed by atoms with Gasteiger partial charge in [0, 0.05) is 39.4 Å². The highest BCUT2D eigenvalue weighted by molar-refractivity contribution is 6.30. The van der Waals surface area contributed by atoms with Crippen molar-refractivity contribution in [3.63, 3.8) is 0 Å². The Balaban J connectivity index is 1.78. The highest BCUT2D eigenvalue weighted by Crippen LogP contribution is 2.45. The molecule has 1 aliphatic carbocycles. The van der Waals surface area contributed by atoms with Crippen LogP contribution >= 0.6 is 23.2 Å². The Hall–Kier alpha value is -2.56. The number of Topliss-reactive ketones (excluding diaryl/α,β-unsaturated/α-hetero) is 1. The molecular weight excluding hydrogens is 433 g/mol. The SMILES string of the molecule is CCOC(=O)C1=C(C)NC2=C(C(=O)C[C@@H](c3ccc(Cl)cc3)C2)[C@H]1c1ccc(Cl)cc1. The second kappa shape index (κ2) is 8.89. The standard InChI is InChI=1S/C25H23Cl2NO3/c1-3-31-25(30)22-14(2)28-20-12-17(15-4-8-18(26)9-5-15)13-21(29)24(20)23(22)16-6-10-19(27)11-7-16/h4-11,17,23,28H,3,12-13H2,1-2H3/t17-,23-/m0/s1. The fourth-order valence-corrected chi connectivity index (χ4v) is 4.73. The Morgan fingerprint density at radius 2 is 1.58 bits per heavy atom. The van der Waals surface area contributed by atoms with Gasteiger partial charge < -0.3 is 10.1 Å². The summed E-state index contributed by atoms with van der Waals surface area (Å²) >= 11 is 12.1. The van der Waals surface area contributed by atoms with Crippen LogP contribution in [0.25, 0.3) is 0 Å². The molecule has 31 heavy (non-hydrogen) atoms. The van der Waals surface area contributed by atoms with Crippen LogP contribution in [0.1, 0.15) is 49.7 Å². The molecule has 0 bridgehead atoms. The summed E-state index contributed by atoms with van der Waals surface area (Å²) in [6.45, 7) is 3.89. The van der Waals surface area contributed by atoms with Crippen LogP contribution in [-0.4, -0.2) is 18.4 Å². The van der Waals surface area contributed by atoms with Crippen molar-refractivity contribution in [3.8, 4) is 0 Å². The summed E-state index contributed by atoms with van der Waals surface area (Å²) in [5.74, 6) is -0.806. The number of dihydropyridines is 1. The van der Waals surface area contributed by atoms with E-state index >= 15 is 0 Å². The Kier molecular flexibility index (Phi) is 6.22. The molecule has 1 aliphatic heterocycles. The second-order valence-electron chi connectivity index (χ2n) is 7.84. The third kappa shape index (κ3) is 4.28. The van der Waals surface area contributed by atoms with Crippen LogP contribution < -0.4 is 5.32 Å². The first kappa shape index (κ1) is 21.7. The molecule has 0 saturated heterocycles. The summed E-state index contributed by atoms with van der Waals surface area (Å²) in [5.41, 5.74) is 4.61. The van der Waals surface area contributed by atoms with E-state index < -0.39 is 11.9 Å². The van der Waals surface area contributed by atoms with Gasteiger partial charge >= 0.3 is 5.97 Å². The number of nitrogens with one attached hydrogen (secondary N) is 1. The first-order chi connectivity index (χ1) is 14.9. The maximum absolute atomic E-state index is 13.4. The van der Waals surface area contributed by atoms with E-state index in [2.05, 4.69) is 5.32 Å². The molecule has 0 saturated carbocycles. The van der Waals surface area contributed by atoms with Crippen molar-refractivity contribution < 1.29 is 14.3 Å². The fourth-order valence-electron chi connectivity index (χ4n) is 4.48. The van der Waals surface area contributed by atoms with E-state index in [1.165, 1.54) is 0 Å². The molecule has 4 nitrogen and oxygen atoms in total. The van der Waals surface area contributed by atoms with Crippen molar-refractivity contribution in [2.75, 3.05) is 6.61 Å². The zero-order valence-corrected chi connectivity index (χ0v) is 18.9. The van der Waals surface area contributed by atoms with Crippen LogP contribution in [0.2, 0.25) is 10.0 Å². The number of allylic oxidation sites excluding steroid dienone is 3. The van der Waals surface area contributed by atoms with Gasteiger partial charge in [0.2, 0.25) is 0 Å². The molecule has 0 fully saturated rings. The lowest BCUT2D eigenvalue weighted by Crippen LogP contribution is -2.36. The van der Waals surface area contributed by atoms with Crippen LogP contribution in [0.15, 0.2) is 71.1 Å². The quantitative estimate of drug-likeness (QED) is 0.581. The summed E-state index contributed by atoms with van der Waals surface area (Å²) < 4.78 is 5.33. The maximum Gasteiger partial charge on any atom is 0.336 e. The minimum atomic E-state index is -0.480. The lowest BCUT2D eigenvalue weighted by molar-refractivity contribution is -0.138. The number of hydrogen-bond acceptors (Lipinski definition) is 4. The summed E-state index contributed by atoms with van der Waals surface area (Å²) in [6, 6.07) is 14.9. The number of rotatable bonds is 4. The minimum Gasteiger partial charge on any atom is -0.463 e. The van der Waals surface area contributed by atoms with Crippen LogP contribution in [0.3, 0.4) is 0 Å². The van der Waals surface area contributed by atoms with Gasteiger partial charge in [-0.15, -0.1) is 0 Å². The summed E-state index contributed by atoms with van der Waals surface area (Å²) in [6.07, 6.45) is 1.06. The van der Waals surface area contributed by atoms with Crippen LogP contribution in [0.5, 0.6) is 0 Å². The Morgan fingerprint density at radius 3 is 2.16 bits per heavy atom. The van der Waals surface area contributed by atoms with E-state index in [1.54, 1.807) is 19.1 Å². The molecular formula is C25H23Cl2NO3. The van der Waals surface area contributed by atoms with Crippen molar-refractivity contribution in [1.29, 1.82) is 0 Å². The van der Waals surface area contributed by atoms with Gasteiger partial charge in [-0.3, -0.25) is 4.79 Å². The number of ether oxygens (including phenoxy) is 1. The van der Waals surface area contributed by atoms with E-state index in [-0.39, 0.29) is 18.3 Å². The predicted octanol–water partition coefficient (Wildman–Crippen LogP) is 5.92. The summed E-state index contributed by atoms with van der Waals surface area (Å²) in [5, 5.41) is 4.61. The lowest BCUT2D eigenvalue weighted by atomic mass is 9.72. The molecule has 6 heteroatoms. The Bertz CT molecular complexity index is 1080. The molecule has 0 unspecified atom stereocenters. The van der Waals surface area contributed by atoms with Gasteiger partial charge in [0.15, 0.2) is 5.78 Å². The van der Waals surface area contributed by atoms with Gasteiger partial charge in [-0.1, -0.05) is 47.5 Å². The number of halogens is 2. The van der Waals surface area contributed by atoms with E-state index in [4.69, 9.17) is 27.9 Å². The van der Waals surface area contributed by atoms with Gasteiger partial charge in [-0.25, -0.2) is 4.79 Å². The Labute approximate surface area is 191 Å². The van der Waals surface area contributed by atoms with E-state index in [1.807, 2.05) is 43.3 Å². The maximum atomic E-state index is 13.4. The van der Waals surface area contributed by atoms with E-state index in [0.717, 1.165) is 16.8 Å². The molecule has 2 aliphatic rings. The number of esters is 1.